The van der Waals surface area contributed by atoms with Crippen molar-refractivity contribution < 1.29 is 22.6 Å². The normalized spacial score (nSPS) is 13.8. The molecule has 0 aliphatic heterocycles. The highest BCUT2D eigenvalue weighted by Gasteiger charge is 2.31. The predicted octanol–water partition coefficient (Wildman–Crippen LogP) is 3.65. The van der Waals surface area contributed by atoms with Crippen molar-refractivity contribution in [1.82, 2.24) is 0 Å². The van der Waals surface area contributed by atoms with E-state index < -0.39 is 12.1 Å². The van der Waals surface area contributed by atoms with Crippen LogP contribution in [0, 0.1) is 23.2 Å². The summed E-state index contributed by atoms with van der Waals surface area (Å²) in [6.07, 6.45) is -2.21. The van der Waals surface area contributed by atoms with Gasteiger partial charge in [-0.1, -0.05) is 12.0 Å². The van der Waals surface area contributed by atoms with Gasteiger partial charge in [0.05, 0.1) is 18.1 Å². The molecule has 1 aromatic carbocycles. The second-order valence-corrected chi connectivity index (χ2v) is 3.93. The Kier molecular flexibility index (Phi) is 4.20. The third-order valence-corrected chi connectivity index (χ3v) is 2.33. The van der Waals surface area contributed by atoms with Gasteiger partial charge in [-0.25, -0.2) is 0 Å². The van der Waals surface area contributed by atoms with E-state index in [1.165, 1.54) is 12.1 Å². The van der Waals surface area contributed by atoms with E-state index in [9.17, 15) is 13.2 Å². The standard InChI is InChI=1S/C15H8F3NO2/c16-15(17,18)21-13-5-2-4-12(7-8-13)20-14-6-1-3-11(9-14)10-19/h1,3,6-9H,4H2. The number of nitrogens with zero attached hydrogens (tertiary/aromatic N) is 1. The molecule has 0 heterocycles. The summed E-state index contributed by atoms with van der Waals surface area (Å²) in [6, 6.07) is 8.38. The molecule has 0 saturated heterocycles. The maximum Gasteiger partial charge on any atom is 0.573 e. The van der Waals surface area contributed by atoms with Gasteiger partial charge in [0.1, 0.15) is 11.5 Å². The third-order valence-electron chi connectivity index (χ3n) is 2.33. The Hall–Kier alpha value is -2.86. The largest absolute Gasteiger partial charge is 0.573 e. The van der Waals surface area contributed by atoms with Gasteiger partial charge in [0.25, 0.3) is 0 Å². The van der Waals surface area contributed by atoms with Crippen molar-refractivity contribution in [3.8, 4) is 23.7 Å². The number of benzene rings is 1. The molecule has 0 atom stereocenters. The highest BCUT2D eigenvalue weighted by atomic mass is 19.4. The molecular weight excluding hydrogens is 283 g/mol. The highest BCUT2D eigenvalue weighted by molar-refractivity contribution is 5.38. The minimum absolute atomic E-state index is 0.137. The molecule has 0 aromatic heterocycles. The van der Waals surface area contributed by atoms with Crippen molar-refractivity contribution in [1.29, 1.82) is 5.26 Å². The van der Waals surface area contributed by atoms with E-state index in [4.69, 9.17) is 10.00 Å². The van der Waals surface area contributed by atoms with Crippen LogP contribution in [-0.4, -0.2) is 6.36 Å². The van der Waals surface area contributed by atoms with Crippen LogP contribution in [0.25, 0.3) is 0 Å². The van der Waals surface area contributed by atoms with Gasteiger partial charge in [-0.3, -0.25) is 0 Å². The molecule has 0 N–H and O–H groups in total. The average molecular weight is 291 g/mol. The Balaban J connectivity index is 2.12. The summed E-state index contributed by atoms with van der Waals surface area (Å²) in [7, 11) is 0. The Labute approximate surface area is 118 Å². The fourth-order valence-electron chi connectivity index (χ4n) is 1.52. The van der Waals surface area contributed by atoms with Crippen LogP contribution in [0.1, 0.15) is 12.0 Å². The molecular formula is C15H8F3NO2. The first kappa shape index (κ1) is 14.5. The van der Waals surface area contributed by atoms with Gasteiger partial charge in [0.2, 0.25) is 0 Å². The number of hydrogen-bond acceptors (Lipinski definition) is 3. The molecule has 1 aliphatic carbocycles. The maximum atomic E-state index is 12.1. The third kappa shape index (κ3) is 4.63. The number of rotatable bonds is 3. The van der Waals surface area contributed by atoms with E-state index in [1.54, 1.807) is 18.2 Å². The topological polar surface area (TPSA) is 42.2 Å². The fourth-order valence-corrected chi connectivity index (χ4v) is 1.52. The summed E-state index contributed by atoms with van der Waals surface area (Å²) >= 11 is 0. The molecule has 0 saturated carbocycles. The summed E-state index contributed by atoms with van der Waals surface area (Å²) in [5.41, 5.74) is 0.421. The molecule has 0 spiro atoms. The molecule has 1 aliphatic rings. The first-order valence-corrected chi connectivity index (χ1v) is 5.80. The highest BCUT2D eigenvalue weighted by Crippen LogP contribution is 2.22. The molecule has 106 valence electrons. The summed E-state index contributed by atoms with van der Waals surface area (Å²) in [6.45, 7) is 0. The molecule has 3 nitrogen and oxygen atoms in total. The zero-order chi connectivity index (χ0) is 15.3. The summed E-state index contributed by atoms with van der Waals surface area (Å²) in [5, 5.41) is 8.78. The van der Waals surface area contributed by atoms with Gasteiger partial charge >= 0.3 is 6.36 Å². The first-order chi connectivity index (χ1) is 9.96. The van der Waals surface area contributed by atoms with Gasteiger partial charge < -0.3 is 9.47 Å². The van der Waals surface area contributed by atoms with Crippen molar-refractivity contribution in [2.24, 2.45) is 0 Å². The molecule has 0 amide bonds. The number of ether oxygens (including phenoxy) is 2. The molecule has 1 aromatic rings. The Morgan fingerprint density at radius 1 is 1.24 bits per heavy atom. The van der Waals surface area contributed by atoms with Crippen LogP contribution in [-0.2, 0) is 4.74 Å². The van der Waals surface area contributed by atoms with Gasteiger partial charge in [0.15, 0.2) is 5.76 Å². The van der Waals surface area contributed by atoms with Crippen LogP contribution in [0.15, 0.2) is 47.9 Å². The van der Waals surface area contributed by atoms with Crippen molar-refractivity contribution in [3.63, 3.8) is 0 Å². The number of allylic oxidation sites excluding steroid dienone is 4. The first-order valence-electron chi connectivity index (χ1n) is 5.80. The van der Waals surface area contributed by atoms with Crippen LogP contribution in [0.4, 0.5) is 13.2 Å². The molecule has 6 heteroatoms. The van der Waals surface area contributed by atoms with Gasteiger partial charge in [-0.05, 0) is 36.3 Å². The average Bonchev–Trinajstić information content (AvgIpc) is 2.63. The van der Waals surface area contributed by atoms with Crippen LogP contribution in [0.2, 0.25) is 0 Å². The molecule has 0 unspecified atom stereocenters. The van der Waals surface area contributed by atoms with Gasteiger partial charge in [-0.15, -0.1) is 13.2 Å². The second-order valence-electron chi connectivity index (χ2n) is 3.93. The number of alkyl halides is 3. The lowest BCUT2D eigenvalue weighted by Crippen LogP contribution is -2.12. The number of nitriles is 1. The number of halogens is 3. The predicted molar refractivity (Wildman–Crippen MR) is 67.5 cm³/mol. The minimum Gasteiger partial charge on any atom is -0.461 e. The molecule has 21 heavy (non-hydrogen) atoms. The lowest BCUT2D eigenvalue weighted by atomic mass is 10.2. The van der Waals surface area contributed by atoms with Crippen molar-refractivity contribution in [2.75, 3.05) is 0 Å². The van der Waals surface area contributed by atoms with E-state index >= 15 is 0 Å². The molecule has 2 rings (SSSR count). The zero-order valence-corrected chi connectivity index (χ0v) is 10.6. The van der Waals surface area contributed by atoms with E-state index in [0.29, 0.717) is 17.1 Å². The Bertz CT molecular complexity index is 700. The van der Waals surface area contributed by atoms with Crippen LogP contribution >= 0.6 is 0 Å². The number of hydrogen-bond donors (Lipinski definition) is 0. The maximum absolute atomic E-state index is 12.1. The molecule has 0 bridgehead atoms. The van der Waals surface area contributed by atoms with Gasteiger partial charge in [-0.2, -0.15) is 5.26 Å². The lowest BCUT2D eigenvalue weighted by molar-refractivity contribution is -0.302. The Morgan fingerprint density at radius 2 is 2.05 bits per heavy atom. The van der Waals surface area contributed by atoms with E-state index in [0.717, 1.165) is 6.08 Å². The van der Waals surface area contributed by atoms with Gasteiger partial charge in [0, 0.05) is 0 Å². The summed E-state index contributed by atoms with van der Waals surface area (Å²) in [5.74, 6) is 5.06. The SMILES string of the molecule is N#Cc1cccc(OC2=CC=C(OC(F)(F)F)C#CC2)c1. The van der Waals surface area contributed by atoms with Crippen LogP contribution in [0.5, 0.6) is 5.75 Å². The van der Waals surface area contributed by atoms with Crippen molar-refractivity contribution in [3.05, 3.63) is 53.5 Å². The summed E-state index contributed by atoms with van der Waals surface area (Å²) in [4.78, 5) is 0. The van der Waals surface area contributed by atoms with Crippen molar-refractivity contribution >= 4 is 0 Å². The van der Waals surface area contributed by atoms with Crippen molar-refractivity contribution in [2.45, 2.75) is 12.8 Å². The van der Waals surface area contributed by atoms with Crippen LogP contribution in [0.3, 0.4) is 0 Å². The molecule has 0 fully saturated rings. The van der Waals surface area contributed by atoms with E-state index in [1.807, 2.05) is 6.07 Å². The van der Waals surface area contributed by atoms with E-state index in [2.05, 4.69) is 16.6 Å². The lowest BCUT2D eigenvalue weighted by Gasteiger charge is -2.07. The summed E-state index contributed by atoms with van der Waals surface area (Å²) < 4.78 is 45.5. The Morgan fingerprint density at radius 3 is 2.76 bits per heavy atom. The second kappa shape index (κ2) is 6.06. The zero-order valence-electron chi connectivity index (χ0n) is 10.6. The smallest absolute Gasteiger partial charge is 0.461 e. The monoisotopic (exact) mass is 291 g/mol. The minimum atomic E-state index is -4.78. The quantitative estimate of drug-likeness (QED) is 0.798. The van der Waals surface area contributed by atoms with E-state index in [-0.39, 0.29) is 6.42 Å². The fraction of sp³-hybridized carbons (Fsp3) is 0.133. The molecule has 0 radical (unpaired) electrons. The van der Waals surface area contributed by atoms with Crippen LogP contribution < -0.4 is 4.74 Å².